The molecular formula is C11H12F12O6S2. The van der Waals surface area contributed by atoms with Gasteiger partial charge in [0, 0.05) is 0 Å². The summed E-state index contributed by atoms with van der Waals surface area (Å²) in [6.07, 6.45) is -14.6. The second kappa shape index (κ2) is 8.40. The van der Waals surface area contributed by atoms with Gasteiger partial charge in [0.1, 0.15) is 0 Å². The van der Waals surface area contributed by atoms with Crippen LogP contribution in [0.4, 0.5) is 52.7 Å². The van der Waals surface area contributed by atoms with E-state index >= 15 is 0 Å². The topological polar surface area (TPSA) is 86.7 Å². The minimum Gasteiger partial charge on any atom is -0.267 e. The minimum atomic E-state index is -6.68. The van der Waals surface area contributed by atoms with E-state index in [9.17, 15) is 69.5 Å². The molecule has 188 valence electrons. The Kier molecular flexibility index (Phi) is 8.12. The van der Waals surface area contributed by atoms with E-state index in [0.29, 0.717) is 0 Å². The van der Waals surface area contributed by atoms with Gasteiger partial charge in [-0.1, -0.05) is 0 Å². The maximum Gasteiger partial charge on any atom is 0.458 e. The SMILES string of the molecule is CC(F)(C(F)(F)C(F)(F)F)S(=O)(=O)OCCCOS(=O)(=O)C(C)(F)C(F)(F)C(F)(F)F. The van der Waals surface area contributed by atoms with Gasteiger partial charge in [-0.2, -0.15) is 60.7 Å². The molecule has 2 unspecified atom stereocenters. The molecule has 6 nitrogen and oxygen atoms in total. The first-order chi connectivity index (χ1) is 13.2. The van der Waals surface area contributed by atoms with Gasteiger partial charge in [0.05, 0.1) is 13.2 Å². The van der Waals surface area contributed by atoms with Crippen LogP contribution >= 0.6 is 0 Å². The smallest absolute Gasteiger partial charge is 0.267 e. The van der Waals surface area contributed by atoms with Crippen LogP contribution < -0.4 is 0 Å². The lowest BCUT2D eigenvalue weighted by Crippen LogP contribution is -2.57. The lowest BCUT2D eigenvalue weighted by molar-refractivity contribution is -0.309. The number of hydrogen-bond donors (Lipinski definition) is 0. The van der Waals surface area contributed by atoms with Gasteiger partial charge < -0.3 is 0 Å². The summed E-state index contributed by atoms with van der Waals surface area (Å²) in [6.45, 7) is -4.62. The van der Waals surface area contributed by atoms with E-state index in [4.69, 9.17) is 0 Å². The van der Waals surface area contributed by atoms with Crippen molar-refractivity contribution < 1.29 is 77.9 Å². The number of alkyl halides is 12. The van der Waals surface area contributed by atoms with Crippen molar-refractivity contribution in [2.45, 2.75) is 54.5 Å². The van der Waals surface area contributed by atoms with Gasteiger partial charge in [0.2, 0.25) is 0 Å². The van der Waals surface area contributed by atoms with E-state index in [1.165, 1.54) is 0 Å². The maximum absolute atomic E-state index is 13.7. The quantitative estimate of drug-likeness (QED) is 0.242. The fraction of sp³-hybridized carbons (Fsp3) is 1.00. The fourth-order valence-electron chi connectivity index (χ4n) is 1.44. The molecule has 0 aliphatic carbocycles. The Labute approximate surface area is 166 Å². The van der Waals surface area contributed by atoms with Gasteiger partial charge in [-0.15, -0.1) is 0 Å². The summed E-state index contributed by atoms with van der Waals surface area (Å²) in [7, 11) is -12.7. The molecule has 0 aromatic heterocycles. The molecule has 0 bridgehead atoms. The highest BCUT2D eigenvalue weighted by Gasteiger charge is 2.76. The summed E-state index contributed by atoms with van der Waals surface area (Å²) in [4.78, 5) is 0. The molecule has 0 radical (unpaired) electrons. The standard InChI is InChI=1S/C11H12F12O6S2/c1-6(12,8(14,15)10(18,19)20)30(24,25)28-4-3-5-29-31(26,27)7(2,13)9(16,17)11(21,22)23/h3-5H2,1-2H3. The predicted octanol–water partition coefficient (Wildman–Crippen LogP) is 3.84. The molecule has 0 saturated carbocycles. The molecule has 20 heteroatoms. The Hall–Kier alpha value is -1.02. The zero-order valence-corrected chi connectivity index (χ0v) is 16.6. The molecule has 0 heterocycles. The number of rotatable bonds is 10. The molecule has 0 N–H and O–H groups in total. The molecule has 0 aliphatic rings. The van der Waals surface area contributed by atoms with E-state index in [-0.39, 0.29) is 0 Å². The molecule has 0 aromatic rings. The molecule has 0 spiro atoms. The van der Waals surface area contributed by atoms with E-state index < -0.39 is 87.9 Å². The van der Waals surface area contributed by atoms with Crippen LogP contribution in [0.1, 0.15) is 20.3 Å². The monoisotopic (exact) mass is 532 g/mol. The average molecular weight is 532 g/mol. The Morgan fingerprint density at radius 3 is 0.968 bits per heavy atom. The highest BCUT2D eigenvalue weighted by Crippen LogP contribution is 2.49. The van der Waals surface area contributed by atoms with E-state index in [2.05, 4.69) is 8.37 Å². The Bertz CT molecular complexity index is 771. The Morgan fingerprint density at radius 1 is 0.548 bits per heavy atom. The molecular weight excluding hydrogens is 520 g/mol. The third kappa shape index (κ3) is 5.32. The minimum absolute atomic E-state index is 0.704. The normalized spacial score (nSPS) is 19.0. The first-order valence-electron chi connectivity index (χ1n) is 7.25. The van der Waals surface area contributed by atoms with Crippen LogP contribution in [0.15, 0.2) is 0 Å². The third-order valence-electron chi connectivity index (χ3n) is 3.54. The second-order valence-corrected chi connectivity index (χ2v) is 9.70. The fourth-order valence-corrected chi connectivity index (χ4v) is 3.41. The predicted molar refractivity (Wildman–Crippen MR) is 75.4 cm³/mol. The van der Waals surface area contributed by atoms with Gasteiger partial charge in [0.25, 0.3) is 0 Å². The van der Waals surface area contributed by atoms with E-state index in [0.717, 1.165) is 0 Å². The third-order valence-corrected chi connectivity index (χ3v) is 6.88. The van der Waals surface area contributed by atoms with Crippen LogP contribution in [0.25, 0.3) is 0 Å². The number of halogens is 12. The molecule has 0 aliphatic heterocycles. The molecule has 0 fully saturated rings. The molecule has 2 atom stereocenters. The van der Waals surface area contributed by atoms with E-state index in [1.54, 1.807) is 0 Å². The van der Waals surface area contributed by atoms with Crippen LogP contribution in [-0.4, -0.2) is 64.2 Å². The lowest BCUT2D eigenvalue weighted by atomic mass is 10.2. The summed E-state index contributed by atoms with van der Waals surface area (Å²) in [5.74, 6) is -12.9. The second-order valence-electron chi connectivity index (χ2n) is 5.88. The first kappa shape index (κ1) is 30.0. The summed E-state index contributed by atoms with van der Waals surface area (Å²) < 4.78 is 205. The van der Waals surface area contributed by atoms with Crippen LogP contribution in [0.3, 0.4) is 0 Å². The molecule has 31 heavy (non-hydrogen) atoms. The Morgan fingerprint density at radius 2 is 0.774 bits per heavy atom. The summed E-state index contributed by atoms with van der Waals surface area (Å²) >= 11 is 0. The largest absolute Gasteiger partial charge is 0.458 e. The maximum atomic E-state index is 13.7. The van der Waals surface area contributed by atoms with Crippen molar-refractivity contribution in [1.82, 2.24) is 0 Å². The average Bonchev–Trinajstić information content (AvgIpc) is 2.51. The lowest BCUT2D eigenvalue weighted by Gasteiger charge is -2.30. The van der Waals surface area contributed by atoms with Crippen LogP contribution in [-0.2, 0) is 28.6 Å². The number of hydrogen-bond acceptors (Lipinski definition) is 6. The zero-order chi connectivity index (χ0) is 25.5. The van der Waals surface area contributed by atoms with Crippen molar-refractivity contribution in [2.24, 2.45) is 0 Å². The summed E-state index contributed by atoms with van der Waals surface area (Å²) in [6, 6.07) is 0. The van der Waals surface area contributed by atoms with Gasteiger partial charge >= 0.3 is 54.4 Å². The van der Waals surface area contributed by atoms with Crippen molar-refractivity contribution in [3.63, 3.8) is 0 Å². The molecule has 0 amide bonds. The van der Waals surface area contributed by atoms with Crippen LogP contribution in [0, 0.1) is 0 Å². The zero-order valence-electron chi connectivity index (χ0n) is 14.9. The van der Waals surface area contributed by atoms with Crippen molar-refractivity contribution in [3.05, 3.63) is 0 Å². The van der Waals surface area contributed by atoms with Gasteiger partial charge in [-0.3, -0.25) is 8.37 Å². The first-order valence-corrected chi connectivity index (χ1v) is 10.1. The molecule has 0 saturated heterocycles. The van der Waals surface area contributed by atoms with Crippen LogP contribution in [0.5, 0.6) is 0 Å². The van der Waals surface area contributed by atoms with Crippen molar-refractivity contribution in [2.75, 3.05) is 13.2 Å². The Balaban J connectivity index is 5.19. The molecule has 0 rings (SSSR count). The van der Waals surface area contributed by atoms with Gasteiger partial charge in [0.15, 0.2) is 0 Å². The highest BCUT2D eigenvalue weighted by molar-refractivity contribution is 7.88. The summed E-state index contributed by atoms with van der Waals surface area (Å²) in [5, 5.41) is -10.8. The van der Waals surface area contributed by atoms with Gasteiger partial charge in [-0.05, 0) is 20.3 Å². The van der Waals surface area contributed by atoms with E-state index in [1.807, 2.05) is 0 Å². The van der Waals surface area contributed by atoms with Crippen molar-refractivity contribution in [1.29, 1.82) is 0 Å². The summed E-state index contributed by atoms with van der Waals surface area (Å²) in [5.41, 5.74) is 0. The molecule has 0 aromatic carbocycles. The highest BCUT2D eigenvalue weighted by atomic mass is 32.2. The van der Waals surface area contributed by atoms with Crippen LogP contribution in [0.2, 0.25) is 0 Å². The van der Waals surface area contributed by atoms with Gasteiger partial charge in [-0.25, -0.2) is 8.78 Å². The van der Waals surface area contributed by atoms with Crippen molar-refractivity contribution in [3.8, 4) is 0 Å². The van der Waals surface area contributed by atoms with Crippen molar-refractivity contribution >= 4 is 20.2 Å².